The molecule has 0 aliphatic carbocycles. The number of unbranched alkanes of at least 4 members (excludes halogenated alkanes) is 52. The number of carbonyl (C=O) groups excluding carboxylic acids is 3. The first-order chi connectivity index (χ1) is 40.5. The highest BCUT2D eigenvalue weighted by atomic mass is 16.6. The molecule has 82 heavy (non-hydrogen) atoms. The normalized spacial score (nSPS) is 12.2. The van der Waals surface area contributed by atoms with Crippen LogP contribution in [-0.4, -0.2) is 37.2 Å². The molecule has 0 saturated carbocycles. The van der Waals surface area contributed by atoms with Crippen LogP contribution in [0.1, 0.15) is 412 Å². The molecule has 0 saturated heterocycles. The van der Waals surface area contributed by atoms with E-state index in [4.69, 9.17) is 14.2 Å². The summed E-state index contributed by atoms with van der Waals surface area (Å²) in [5.41, 5.74) is 0. The second-order valence-corrected chi connectivity index (χ2v) is 25.2. The summed E-state index contributed by atoms with van der Waals surface area (Å²) in [4.78, 5) is 38.5. The van der Waals surface area contributed by atoms with Crippen molar-refractivity contribution in [3.63, 3.8) is 0 Å². The Morgan fingerprint density at radius 1 is 0.244 bits per heavy atom. The van der Waals surface area contributed by atoms with Gasteiger partial charge in [-0.25, -0.2) is 0 Å². The van der Waals surface area contributed by atoms with E-state index < -0.39 is 6.10 Å². The molecule has 6 heteroatoms. The Labute approximate surface area is 512 Å². The van der Waals surface area contributed by atoms with Crippen LogP contribution in [0.5, 0.6) is 0 Å². The molecule has 0 aliphatic heterocycles. The highest BCUT2D eigenvalue weighted by molar-refractivity contribution is 5.71. The predicted molar refractivity (Wildman–Crippen MR) is 358 cm³/mol. The molecule has 0 bridgehead atoms. The van der Waals surface area contributed by atoms with Crippen molar-refractivity contribution in [2.45, 2.75) is 419 Å². The van der Waals surface area contributed by atoms with E-state index >= 15 is 0 Å². The van der Waals surface area contributed by atoms with Gasteiger partial charge >= 0.3 is 17.9 Å². The predicted octanol–water partition coefficient (Wildman–Crippen LogP) is 25.5. The zero-order valence-corrected chi connectivity index (χ0v) is 55.5. The van der Waals surface area contributed by atoms with E-state index in [1.165, 1.54) is 302 Å². The third-order valence-corrected chi connectivity index (χ3v) is 16.9. The Morgan fingerprint density at radius 2 is 0.439 bits per heavy atom. The highest BCUT2D eigenvalue weighted by Gasteiger charge is 2.19. The van der Waals surface area contributed by atoms with Gasteiger partial charge < -0.3 is 14.2 Å². The molecule has 482 valence electrons. The molecule has 0 spiro atoms. The van der Waals surface area contributed by atoms with Crippen molar-refractivity contribution in [2.75, 3.05) is 13.2 Å². The highest BCUT2D eigenvalue weighted by Crippen LogP contribution is 2.19. The first kappa shape index (κ1) is 79.6. The van der Waals surface area contributed by atoms with Crippen molar-refractivity contribution < 1.29 is 28.6 Å². The summed E-state index contributed by atoms with van der Waals surface area (Å²) in [6.07, 6.45) is 89.0. The van der Waals surface area contributed by atoms with Crippen molar-refractivity contribution >= 4 is 17.9 Å². The standard InChI is InChI=1S/C76H142O6/c1-4-7-10-13-16-19-22-25-27-29-31-33-35-37-39-40-42-44-46-48-51-54-57-60-63-66-69-75(78)81-72-73(71-80-74(77)68-65-62-59-56-53-50-24-21-18-15-12-9-6-3)82-76(79)70-67-64-61-58-55-52-49-47-45-43-41-38-36-34-32-30-28-26-23-20-17-14-11-8-5-2/h21,23-24,26,30,32,73H,4-20,22,25,27-29,31,33-72H2,1-3H3/b24-21-,26-23-,32-30-. The van der Waals surface area contributed by atoms with Gasteiger partial charge in [-0.15, -0.1) is 0 Å². The number of carbonyl (C=O) groups is 3. The van der Waals surface area contributed by atoms with E-state index in [1.54, 1.807) is 0 Å². The number of ether oxygens (including phenoxy) is 3. The quantitative estimate of drug-likeness (QED) is 0.0261. The number of hydrogen-bond acceptors (Lipinski definition) is 6. The minimum absolute atomic E-state index is 0.0697. The average Bonchev–Trinajstić information content (AvgIpc) is 3.47. The Kier molecular flexibility index (Phi) is 69.1. The summed E-state index contributed by atoms with van der Waals surface area (Å²) in [5.74, 6) is -0.849. The summed E-state index contributed by atoms with van der Waals surface area (Å²) >= 11 is 0. The molecule has 0 N–H and O–H groups in total. The van der Waals surface area contributed by atoms with Gasteiger partial charge in [0.25, 0.3) is 0 Å². The number of rotatable bonds is 69. The first-order valence-electron chi connectivity index (χ1n) is 37.0. The molecular formula is C76H142O6. The van der Waals surface area contributed by atoms with Gasteiger partial charge in [0.05, 0.1) is 0 Å². The fourth-order valence-electron chi connectivity index (χ4n) is 11.3. The summed E-state index contributed by atoms with van der Waals surface area (Å²) in [5, 5.41) is 0. The molecule has 0 fully saturated rings. The molecule has 0 aromatic rings. The van der Waals surface area contributed by atoms with Crippen LogP contribution in [0.2, 0.25) is 0 Å². The molecular weight excluding hydrogens is 1010 g/mol. The molecule has 0 heterocycles. The van der Waals surface area contributed by atoms with Gasteiger partial charge in [-0.05, 0) is 77.0 Å². The van der Waals surface area contributed by atoms with Gasteiger partial charge in [-0.3, -0.25) is 14.4 Å². The Morgan fingerprint density at radius 3 is 0.695 bits per heavy atom. The lowest BCUT2D eigenvalue weighted by molar-refractivity contribution is -0.167. The summed E-state index contributed by atoms with van der Waals surface area (Å²) in [6, 6.07) is 0. The second-order valence-electron chi connectivity index (χ2n) is 25.2. The molecule has 0 radical (unpaired) electrons. The second kappa shape index (κ2) is 71.1. The van der Waals surface area contributed by atoms with Crippen LogP contribution in [0.3, 0.4) is 0 Å². The summed E-state index contributed by atoms with van der Waals surface area (Å²) in [6.45, 7) is 6.69. The summed E-state index contributed by atoms with van der Waals surface area (Å²) in [7, 11) is 0. The van der Waals surface area contributed by atoms with Gasteiger partial charge in [-0.2, -0.15) is 0 Å². The van der Waals surface area contributed by atoms with Crippen molar-refractivity contribution in [3.8, 4) is 0 Å². The minimum atomic E-state index is -0.775. The van der Waals surface area contributed by atoms with Gasteiger partial charge in [0.15, 0.2) is 6.10 Å². The minimum Gasteiger partial charge on any atom is -0.462 e. The van der Waals surface area contributed by atoms with Crippen molar-refractivity contribution in [2.24, 2.45) is 0 Å². The third-order valence-electron chi connectivity index (χ3n) is 16.9. The van der Waals surface area contributed by atoms with Gasteiger partial charge in [0.1, 0.15) is 13.2 Å². The monoisotopic (exact) mass is 1150 g/mol. The molecule has 1 atom stereocenters. The van der Waals surface area contributed by atoms with E-state index in [0.29, 0.717) is 19.3 Å². The zero-order chi connectivity index (χ0) is 59.2. The zero-order valence-electron chi connectivity index (χ0n) is 55.5. The first-order valence-corrected chi connectivity index (χ1v) is 37.0. The van der Waals surface area contributed by atoms with Crippen LogP contribution in [0.15, 0.2) is 36.5 Å². The van der Waals surface area contributed by atoms with Gasteiger partial charge in [0.2, 0.25) is 0 Å². The number of esters is 3. The maximum Gasteiger partial charge on any atom is 0.306 e. The average molecular weight is 1150 g/mol. The third kappa shape index (κ3) is 68.4. The van der Waals surface area contributed by atoms with E-state index in [2.05, 4.69) is 57.2 Å². The van der Waals surface area contributed by atoms with Crippen LogP contribution in [0.4, 0.5) is 0 Å². The van der Waals surface area contributed by atoms with E-state index in [1.807, 2.05) is 0 Å². The Bertz CT molecular complexity index is 1370. The van der Waals surface area contributed by atoms with Crippen LogP contribution >= 0.6 is 0 Å². The van der Waals surface area contributed by atoms with Crippen LogP contribution in [0, 0.1) is 0 Å². The maximum atomic E-state index is 13.0. The molecule has 0 amide bonds. The van der Waals surface area contributed by atoms with Crippen LogP contribution < -0.4 is 0 Å². The summed E-state index contributed by atoms with van der Waals surface area (Å²) < 4.78 is 17.0. The Balaban J connectivity index is 4.21. The topological polar surface area (TPSA) is 78.9 Å². The number of allylic oxidation sites excluding steroid dienone is 6. The van der Waals surface area contributed by atoms with Gasteiger partial charge in [0, 0.05) is 19.3 Å². The molecule has 0 rings (SSSR count). The molecule has 0 aromatic carbocycles. The molecule has 6 nitrogen and oxygen atoms in total. The molecule has 0 aliphatic rings. The largest absolute Gasteiger partial charge is 0.462 e. The smallest absolute Gasteiger partial charge is 0.306 e. The van der Waals surface area contributed by atoms with Gasteiger partial charge in [-0.1, -0.05) is 353 Å². The van der Waals surface area contributed by atoms with Crippen molar-refractivity contribution in [3.05, 3.63) is 36.5 Å². The maximum absolute atomic E-state index is 13.0. The van der Waals surface area contributed by atoms with Crippen molar-refractivity contribution in [1.29, 1.82) is 0 Å². The van der Waals surface area contributed by atoms with E-state index in [-0.39, 0.29) is 31.1 Å². The lowest BCUT2D eigenvalue weighted by atomic mass is 10.0. The molecule has 0 aromatic heterocycles. The SMILES string of the molecule is CCCCCC/C=C\CCCCCCCC(=O)OCC(COC(=O)CCCCCCCCCCCCCCCCCCCCCCCCCCCC)OC(=O)CCCCCCCCCCCCCCC/C=C\C/C=C\CCCCCCC. The lowest BCUT2D eigenvalue weighted by Crippen LogP contribution is -2.30. The Hall–Kier alpha value is -2.37. The fraction of sp³-hybridized carbons (Fsp3) is 0.882. The van der Waals surface area contributed by atoms with E-state index in [9.17, 15) is 14.4 Å². The van der Waals surface area contributed by atoms with Crippen LogP contribution in [-0.2, 0) is 28.6 Å². The van der Waals surface area contributed by atoms with E-state index in [0.717, 1.165) is 70.6 Å². The lowest BCUT2D eigenvalue weighted by Gasteiger charge is -2.18. The molecule has 1 unspecified atom stereocenters. The fourth-order valence-corrected chi connectivity index (χ4v) is 11.3. The van der Waals surface area contributed by atoms with Crippen molar-refractivity contribution in [1.82, 2.24) is 0 Å². The number of hydrogen-bond donors (Lipinski definition) is 0. The van der Waals surface area contributed by atoms with Crippen LogP contribution in [0.25, 0.3) is 0 Å².